The number of ether oxygens (including phenoxy) is 1. The average Bonchev–Trinajstić information content (AvgIpc) is 2.26. The quantitative estimate of drug-likeness (QED) is 0.541. The van der Waals surface area contributed by atoms with Crippen molar-refractivity contribution < 1.29 is 49.0 Å². The molecule has 0 bridgehead atoms. The smallest absolute Gasteiger partial charge is 0.460 e. The monoisotopic (exact) mass is 334 g/mol. The van der Waals surface area contributed by atoms with Gasteiger partial charge in [0.2, 0.25) is 0 Å². The Morgan fingerprint density at radius 3 is 1.71 bits per heavy atom. The van der Waals surface area contributed by atoms with Crippen LogP contribution in [0.1, 0.15) is 20.3 Å². The van der Waals surface area contributed by atoms with E-state index in [0.717, 1.165) is 0 Å². The SMILES string of the molecule is CCOC(=O)CC(C)C(F)(F)C(F)(F)C(F)(F)C(F)(F)F. The van der Waals surface area contributed by atoms with E-state index in [0.29, 0.717) is 0 Å². The number of halogens is 9. The maximum absolute atomic E-state index is 13.3. The van der Waals surface area contributed by atoms with Crippen molar-refractivity contribution in [2.75, 3.05) is 6.61 Å². The van der Waals surface area contributed by atoms with Crippen molar-refractivity contribution in [3.05, 3.63) is 0 Å². The lowest BCUT2D eigenvalue weighted by molar-refractivity contribution is -0.402. The molecule has 1 atom stereocenters. The Morgan fingerprint density at radius 1 is 0.952 bits per heavy atom. The molecule has 0 aliphatic heterocycles. The normalized spacial score (nSPS) is 15.8. The van der Waals surface area contributed by atoms with Crippen LogP contribution in [-0.2, 0) is 9.53 Å². The first-order valence-corrected chi connectivity index (χ1v) is 5.48. The van der Waals surface area contributed by atoms with Gasteiger partial charge in [0.1, 0.15) is 0 Å². The van der Waals surface area contributed by atoms with Crippen molar-refractivity contribution in [1.82, 2.24) is 0 Å². The van der Waals surface area contributed by atoms with Crippen LogP contribution in [-0.4, -0.2) is 36.5 Å². The highest BCUT2D eigenvalue weighted by molar-refractivity contribution is 5.69. The van der Waals surface area contributed by atoms with Crippen LogP contribution in [0.3, 0.4) is 0 Å². The second-order valence-corrected chi connectivity index (χ2v) is 4.18. The van der Waals surface area contributed by atoms with Crippen LogP contribution in [0.15, 0.2) is 0 Å². The third kappa shape index (κ3) is 3.54. The molecule has 0 fully saturated rings. The standard InChI is InChI=1S/C10H11F9O2/c1-3-21-6(20)4-5(2)7(11,12)8(13,14)9(15,16)10(17,18)19/h5H,3-4H2,1-2H3. The van der Waals surface area contributed by atoms with E-state index < -0.39 is 42.3 Å². The van der Waals surface area contributed by atoms with Crippen molar-refractivity contribution in [3.63, 3.8) is 0 Å². The van der Waals surface area contributed by atoms with Crippen molar-refractivity contribution in [2.24, 2.45) is 5.92 Å². The summed E-state index contributed by atoms with van der Waals surface area (Å²) in [6.45, 7) is 1.20. The van der Waals surface area contributed by atoms with Gasteiger partial charge in [0.15, 0.2) is 0 Å². The summed E-state index contributed by atoms with van der Waals surface area (Å²) >= 11 is 0. The van der Waals surface area contributed by atoms with Gasteiger partial charge < -0.3 is 4.74 Å². The van der Waals surface area contributed by atoms with Crippen molar-refractivity contribution in [3.8, 4) is 0 Å². The van der Waals surface area contributed by atoms with E-state index in [4.69, 9.17) is 0 Å². The van der Waals surface area contributed by atoms with Gasteiger partial charge >= 0.3 is 29.9 Å². The van der Waals surface area contributed by atoms with E-state index >= 15 is 0 Å². The predicted molar refractivity (Wildman–Crippen MR) is 51.3 cm³/mol. The van der Waals surface area contributed by atoms with Crippen molar-refractivity contribution in [1.29, 1.82) is 0 Å². The van der Waals surface area contributed by atoms with E-state index in [2.05, 4.69) is 4.74 Å². The second kappa shape index (κ2) is 5.91. The minimum absolute atomic E-state index is 0.247. The maximum atomic E-state index is 13.3. The molecule has 11 heteroatoms. The molecule has 1 unspecified atom stereocenters. The molecule has 0 spiro atoms. The highest BCUT2D eigenvalue weighted by Gasteiger charge is 2.82. The highest BCUT2D eigenvalue weighted by atomic mass is 19.4. The summed E-state index contributed by atoms with van der Waals surface area (Å²) < 4.78 is 117. The molecule has 2 nitrogen and oxygen atoms in total. The zero-order valence-electron chi connectivity index (χ0n) is 10.7. The van der Waals surface area contributed by atoms with Gasteiger partial charge in [0.25, 0.3) is 0 Å². The molecule has 126 valence electrons. The molecule has 0 amide bonds. The largest absolute Gasteiger partial charge is 0.466 e. The van der Waals surface area contributed by atoms with E-state index in [1.54, 1.807) is 0 Å². The Kier molecular flexibility index (Phi) is 5.59. The molecule has 0 aromatic rings. The van der Waals surface area contributed by atoms with E-state index in [1.165, 1.54) is 6.92 Å². The fraction of sp³-hybridized carbons (Fsp3) is 0.900. The summed E-state index contributed by atoms with van der Waals surface area (Å²) in [6.07, 6.45) is -8.31. The molecule has 0 aliphatic carbocycles. The van der Waals surface area contributed by atoms with Crippen LogP contribution in [0.5, 0.6) is 0 Å². The first kappa shape index (κ1) is 19.8. The summed E-state index contributed by atoms with van der Waals surface area (Å²) in [5, 5.41) is 0. The summed E-state index contributed by atoms with van der Waals surface area (Å²) in [6, 6.07) is 0. The Morgan fingerprint density at radius 2 is 1.38 bits per heavy atom. The predicted octanol–water partition coefficient (Wildman–Crippen LogP) is 4.04. The van der Waals surface area contributed by atoms with Crippen LogP contribution in [0.25, 0.3) is 0 Å². The van der Waals surface area contributed by atoms with Gasteiger partial charge in [0, 0.05) is 5.92 Å². The second-order valence-electron chi connectivity index (χ2n) is 4.18. The minimum Gasteiger partial charge on any atom is -0.466 e. The average molecular weight is 334 g/mol. The molecule has 0 saturated carbocycles. The molecule has 21 heavy (non-hydrogen) atoms. The van der Waals surface area contributed by atoms with Crippen LogP contribution in [0, 0.1) is 5.92 Å². The Hall–Kier alpha value is -1.16. The molecule has 0 radical (unpaired) electrons. The van der Waals surface area contributed by atoms with Crippen LogP contribution in [0.4, 0.5) is 39.5 Å². The van der Waals surface area contributed by atoms with E-state index in [-0.39, 0.29) is 13.5 Å². The Bertz CT molecular complexity index is 375. The molecular weight excluding hydrogens is 323 g/mol. The van der Waals surface area contributed by atoms with Gasteiger partial charge in [-0.2, -0.15) is 39.5 Å². The first-order valence-electron chi connectivity index (χ1n) is 5.48. The lowest BCUT2D eigenvalue weighted by atomic mass is 9.90. The van der Waals surface area contributed by atoms with Gasteiger partial charge in [-0.1, -0.05) is 6.92 Å². The van der Waals surface area contributed by atoms with Crippen LogP contribution >= 0.6 is 0 Å². The lowest BCUT2D eigenvalue weighted by Gasteiger charge is -2.36. The number of alkyl halides is 9. The minimum atomic E-state index is -6.95. The third-order valence-corrected chi connectivity index (χ3v) is 2.57. The molecule has 0 saturated heterocycles. The van der Waals surface area contributed by atoms with Gasteiger partial charge in [-0.3, -0.25) is 4.79 Å². The number of esters is 1. The molecule has 0 aromatic carbocycles. The summed E-state index contributed by atoms with van der Waals surface area (Å²) in [5.74, 6) is -23.7. The number of rotatable bonds is 6. The van der Waals surface area contributed by atoms with Gasteiger partial charge in [0.05, 0.1) is 13.0 Å². The number of carbonyl (C=O) groups excluding carboxylic acids is 1. The Labute approximate surface area is 113 Å². The summed E-state index contributed by atoms with van der Waals surface area (Å²) in [5.41, 5.74) is 0. The van der Waals surface area contributed by atoms with E-state index in [9.17, 15) is 44.3 Å². The highest BCUT2D eigenvalue weighted by Crippen LogP contribution is 2.55. The Balaban J connectivity index is 5.42. The molecular formula is C10H11F9O2. The number of hydrogen-bond acceptors (Lipinski definition) is 2. The van der Waals surface area contributed by atoms with E-state index in [1.807, 2.05) is 0 Å². The van der Waals surface area contributed by atoms with Crippen molar-refractivity contribution in [2.45, 2.75) is 44.2 Å². The molecule has 0 aliphatic rings. The van der Waals surface area contributed by atoms with Gasteiger partial charge in [-0.15, -0.1) is 0 Å². The third-order valence-electron chi connectivity index (χ3n) is 2.57. The molecule has 0 N–H and O–H groups in total. The van der Waals surface area contributed by atoms with Crippen LogP contribution < -0.4 is 0 Å². The summed E-state index contributed by atoms with van der Waals surface area (Å²) in [4.78, 5) is 10.9. The summed E-state index contributed by atoms with van der Waals surface area (Å²) in [7, 11) is 0. The fourth-order valence-electron chi connectivity index (χ4n) is 1.29. The topological polar surface area (TPSA) is 26.3 Å². The zero-order chi connectivity index (χ0) is 17.3. The van der Waals surface area contributed by atoms with Gasteiger partial charge in [-0.25, -0.2) is 0 Å². The van der Waals surface area contributed by atoms with Crippen molar-refractivity contribution >= 4 is 5.97 Å². The molecule has 0 aromatic heterocycles. The maximum Gasteiger partial charge on any atom is 0.460 e. The lowest BCUT2D eigenvalue weighted by Crippen LogP contribution is -2.62. The molecule has 0 heterocycles. The number of hydrogen-bond donors (Lipinski definition) is 0. The van der Waals surface area contributed by atoms with Crippen LogP contribution in [0.2, 0.25) is 0 Å². The van der Waals surface area contributed by atoms with Gasteiger partial charge in [-0.05, 0) is 6.92 Å². The first-order chi connectivity index (χ1) is 9.13. The number of carbonyl (C=O) groups is 1. The zero-order valence-corrected chi connectivity index (χ0v) is 10.7. The molecule has 0 rings (SSSR count). The fourth-order valence-corrected chi connectivity index (χ4v) is 1.29.